The summed E-state index contributed by atoms with van der Waals surface area (Å²) in [6, 6.07) is 9.20. The molecular formula is C15H14FN3O2. The van der Waals surface area contributed by atoms with Gasteiger partial charge in [-0.1, -0.05) is 13.0 Å². The van der Waals surface area contributed by atoms with Crippen molar-refractivity contribution < 1.29 is 14.0 Å². The van der Waals surface area contributed by atoms with E-state index in [0.717, 1.165) is 6.07 Å². The maximum absolute atomic E-state index is 13.0. The lowest BCUT2D eigenvalue weighted by Gasteiger charge is -2.08. The van der Waals surface area contributed by atoms with Crippen molar-refractivity contribution in [2.75, 3.05) is 10.6 Å². The number of carbonyl (C=O) groups excluding carboxylic acids is 2. The van der Waals surface area contributed by atoms with Gasteiger partial charge < -0.3 is 10.6 Å². The van der Waals surface area contributed by atoms with Crippen LogP contribution in [0.5, 0.6) is 0 Å². The smallest absolute Gasteiger partial charge is 0.255 e. The van der Waals surface area contributed by atoms with E-state index in [2.05, 4.69) is 15.6 Å². The predicted octanol–water partition coefficient (Wildman–Crippen LogP) is 2.82. The molecule has 0 aliphatic carbocycles. The van der Waals surface area contributed by atoms with E-state index in [4.69, 9.17) is 0 Å². The van der Waals surface area contributed by atoms with E-state index in [1.165, 1.54) is 12.3 Å². The van der Waals surface area contributed by atoms with Crippen LogP contribution in [0.25, 0.3) is 0 Å². The summed E-state index contributed by atoms with van der Waals surface area (Å²) in [5.41, 5.74) is 1.26. The number of carbonyl (C=O) groups is 2. The SMILES string of the molecule is CCC(=O)Nc1cccc(NC(=O)c2ccnc(F)c2)c1. The number of anilines is 2. The minimum Gasteiger partial charge on any atom is -0.326 e. The third kappa shape index (κ3) is 4.10. The van der Waals surface area contributed by atoms with Crippen LogP contribution in [-0.2, 0) is 4.79 Å². The van der Waals surface area contributed by atoms with E-state index >= 15 is 0 Å². The van der Waals surface area contributed by atoms with Gasteiger partial charge in [-0.3, -0.25) is 9.59 Å². The van der Waals surface area contributed by atoms with Gasteiger partial charge in [0.1, 0.15) is 0 Å². The third-order valence-electron chi connectivity index (χ3n) is 2.71. The minimum atomic E-state index is -0.716. The summed E-state index contributed by atoms with van der Waals surface area (Å²) in [5.74, 6) is -1.28. The van der Waals surface area contributed by atoms with Gasteiger partial charge in [-0.05, 0) is 24.3 Å². The van der Waals surface area contributed by atoms with Gasteiger partial charge in [-0.2, -0.15) is 4.39 Å². The van der Waals surface area contributed by atoms with Crippen LogP contribution in [-0.4, -0.2) is 16.8 Å². The number of hydrogen-bond donors (Lipinski definition) is 2. The summed E-state index contributed by atoms with van der Waals surface area (Å²) in [6.45, 7) is 1.75. The molecule has 108 valence electrons. The summed E-state index contributed by atoms with van der Waals surface area (Å²) in [4.78, 5) is 26.7. The van der Waals surface area contributed by atoms with Gasteiger partial charge in [-0.15, -0.1) is 0 Å². The summed E-state index contributed by atoms with van der Waals surface area (Å²) in [7, 11) is 0. The molecule has 0 saturated heterocycles. The number of aromatic nitrogens is 1. The van der Waals surface area contributed by atoms with Crippen LogP contribution in [0.3, 0.4) is 0 Å². The number of nitrogens with zero attached hydrogens (tertiary/aromatic N) is 1. The molecular weight excluding hydrogens is 273 g/mol. The zero-order valence-electron chi connectivity index (χ0n) is 11.4. The van der Waals surface area contributed by atoms with Gasteiger partial charge in [0.2, 0.25) is 11.9 Å². The topological polar surface area (TPSA) is 71.1 Å². The minimum absolute atomic E-state index is 0.116. The second-order valence-electron chi connectivity index (χ2n) is 4.30. The molecule has 1 heterocycles. The standard InChI is InChI=1S/C15H14FN3O2/c1-2-14(20)18-11-4-3-5-12(9-11)19-15(21)10-6-7-17-13(16)8-10/h3-9H,2H2,1H3,(H,18,20)(H,19,21). The zero-order valence-corrected chi connectivity index (χ0v) is 11.4. The largest absolute Gasteiger partial charge is 0.326 e. The average molecular weight is 287 g/mol. The quantitative estimate of drug-likeness (QED) is 0.849. The molecule has 2 rings (SSSR count). The van der Waals surface area contributed by atoms with Crippen molar-refractivity contribution >= 4 is 23.2 Å². The Hall–Kier alpha value is -2.76. The van der Waals surface area contributed by atoms with E-state index in [1.54, 1.807) is 31.2 Å². The number of amides is 2. The average Bonchev–Trinajstić information content (AvgIpc) is 2.47. The monoisotopic (exact) mass is 287 g/mol. The number of rotatable bonds is 4. The van der Waals surface area contributed by atoms with Gasteiger partial charge >= 0.3 is 0 Å². The van der Waals surface area contributed by atoms with Crippen LogP contribution in [0, 0.1) is 5.95 Å². The predicted molar refractivity (Wildman–Crippen MR) is 77.5 cm³/mol. The molecule has 0 fully saturated rings. The molecule has 5 nitrogen and oxygen atoms in total. The first-order valence-corrected chi connectivity index (χ1v) is 6.41. The summed E-state index contributed by atoms with van der Waals surface area (Å²) in [5, 5.41) is 5.33. The molecule has 0 atom stereocenters. The Kier molecular flexibility index (Phi) is 4.61. The van der Waals surface area contributed by atoms with E-state index in [-0.39, 0.29) is 11.5 Å². The maximum atomic E-state index is 13.0. The van der Waals surface area contributed by atoms with Gasteiger partial charge in [0, 0.05) is 35.6 Å². The van der Waals surface area contributed by atoms with Crippen molar-refractivity contribution in [1.29, 1.82) is 0 Å². The first-order chi connectivity index (χ1) is 10.1. The van der Waals surface area contributed by atoms with Gasteiger partial charge in [0.25, 0.3) is 5.91 Å². The van der Waals surface area contributed by atoms with Crippen molar-refractivity contribution in [1.82, 2.24) is 4.98 Å². The van der Waals surface area contributed by atoms with Crippen LogP contribution in [0.2, 0.25) is 0 Å². The Labute approximate surface area is 121 Å². The van der Waals surface area contributed by atoms with Crippen molar-refractivity contribution in [3.8, 4) is 0 Å². The fourth-order valence-corrected chi connectivity index (χ4v) is 1.67. The Morgan fingerprint density at radius 1 is 1.14 bits per heavy atom. The number of benzene rings is 1. The highest BCUT2D eigenvalue weighted by Crippen LogP contribution is 2.16. The molecule has 2 aromatic rings. The molecule has 2 N–H and O–H groups in total. The van der Waals surface area contributed by atoms with Crippen LogP contribution in [0.4, 0.5) is 15.8 Å². The summed E-state index contributed by atoms with van der Waals surface area (Å²) >= 11 is 0. The van der Waals surface area contributed by atoms with E-state index < -0.39 is 11.9 Å². The first kappa shape index (κ1) is 14.6. The lowest BCUT2D eigenvalue weighted by molar-refractivity contribution is -0.115. The molecule has 2 amide bonds. The van der Waals surface area contributed by atoms with Crippen LogP contribution >= 0.6 is 0 Å². The molecule has 1 aromatic heterocycles. The molecule has 0 aliphatic heterocycles. The summed E-state index contributed by atoms with van der Waals surface area (Å²) in [6.07, 6.45) is 1.59. The normalized spacial score (nSPS) is 10.0. The second-order valence-corrected chi connectivity index (χ2v) is 4.30. The lowest BCUT2D eigenvalue weighted by atomic mass is 10.2. The highest BCUT2D eigenvalue weighted by molar-refractivity contribution is 6.04. The molecule has 6 heteroatoms. The molecule has 1 aromatic carbocycles. The highest BCUT2D eigenvalue weighted by atomic mass is 19.1. The molecule has 0 aliphatic rings. The van der Waals surface area contributed by atoms with Gasteiger partial charge in [-0.25, -0.2) is 4.98 Å². The van der Waals surface area contributed by atoms with Gasteiger partial charge in [0.15, 0.2) is 0 Å². The second kappa shape index (κ2) is 6.60. The number of nitrogens with one attached hydrogen (secondary N) is 2. The zero-order chi connectivity index (χ0) is 15.2. The third-order valence-corrected chi connectivity index (χ3v) is 2.71. The van der Waals surface area contributed by atoms with E-state index in [9.17, 15) is 14.0 Å². The number of halogens is 1. The van der Waals surface area contributed by atoms with E-state index in [0.29, 0.717) is 17.8 Å². The molecule has 21 heavy (non-hydrogen) atoms. The van der Waals surface area contributed by atoms with Crippen LogP contribution in [0.1, 0.15) is 23.7 Å². The molecule has 0 radical (unpaired) electrons. The number of pyridine rings is 1. The molecule has 0 bridgehead atoms. The maximum Gasteiger partial charge on any atom is 0.255 e. The Balaban J connectivity index is 2.11. The van der Waals surface area contributed by atoms with Crippen LogP contribution < -0.4 is 10.6 Å². The molecule has 0 unspecified atom stereocenters. The first-order valence-electron chi connectivity index (χ1n) is 6.41. The molecule has 0 spiro atoms. The van der Waals surface area contributed by atoms with Gasteiger partial charge in [0.05, 0.1) is 0 Å². The van der Waals surface area contributed by atoms with Crippen molar-refractivity contribution in [2.24, 2.45) is 0 Å². The van der Waals surface area contributed by atoms with Crippen molar-refractivity contribution in [3.05, 3.63) is 54.1 Å². The highest BCUT2D eigenvalue weighted by Gasteiger charge is 2.08. The van der Waals surface area contributed by atoms with Crippen molar-refractivity contribution in [2.45, 2.75) is 13.3 Å². The Morgan fingerprint density at radius 2 is 1.86 bits per heavy atom. The number of hydrogen-bond acceptors (Lipinski definition) is 3. The van der Waals surface area contributed by atoms with Crippen molar-refractivity contribution in [3.63, 3.8) is 0 Å². The lowest BCUT2D eigenvalue weighted by Crippen LogP contribution is -2.13. The fraction of sp³-hybridized carbons (Fsp3) is 0.133. The molecule has 0 saturated carbocycles. The Morgan fingerprint density at radius 3 is 2.52 bits per heavy atom. The fourth-order valence-electron chi connectivity index (χ4n) is 1.67. The van der Waals surface area contributed by atoms with Crippen LogP contribution in [0.15, 0.2) is 42.6 Å². The van der Waals surface area contributed by atoms with E-state index in [1.807, 2.05) is 0 Å². The summed E-state index contributed by atoms with van der Waals surface area (Å²) < 4.78 is 13.0. The Bertz CT molecular complexity index is 673.